The summed E-state index contributed by atoms with van der Waals surface area (Å²) in [5, 5.41) is 5.04. The van der Waals surface area contributed by atoms with E-state index < -0.39 is 11.8 Å². The summed E-state index contributed by atoms with van der Waals surface area (Å²) in [6.07, 6.45) is 2.68. The van der Waals surface area contributed by atoms with Gasteiger partial charge >= 0.3 is 0 Å². The standard InChI is InChI=1S/C25H25N5O4/c1-3-4-9-14-30-25(34)20-13-8-6-11-18(20)22(28-30)23(32)27-26-21(31)15-29-16(2)17-10-5-7-12-19(17)24(29)33/h5-8,10-13H,2-4,9,14-15H2,1H3,(H,26,31)(H,27,32). The van der Waals surface area contributed by atoms with Crippen molar-refractivity contribution in [3.05, 3.63) is 82.3 Å². The molecule has 9 heteroatoms. The smallest absolute Gasteiger partial charge is 0.290 e. The zero-order valence-electron chi connectivity index (χ0n) is 18.8. The molecule has 0 radical (unpaired) electrons. The minimum Gasteiger partial charge on any atom is -0.299 e. The van der Waals surface area contributed by atoms with E-state index in [-0.39, 0.29) is 23.7 Å². The number of amides is 3. The van der Waals surface area contributed by atoms with Crippen molar-refractivity contribution in [1.29, 1.82) is 0 Å². The lowest BCUT2D eigenvalue weighted by Crippen LogP contribution is -2.47. The van der Waals surface area contributed by atoms with Gasteiger partial charge < -0.3 is 0 Å². The summed E-state index contributed by atoms with van der Waals surface area (Å²) in [6, 6.07) is 13.7. The third-order valence-corrected chi connectivity index (χ3v) is 5.71. The van der Waals surface area contributed by atoms with Crippen LogP contribution in [0.2, 0.25) is 0 Å². The highest BCUT2D eigenvalue weighted by atomic mass is 16.2. The summed E-state index contributed by atoms with van der Waals surface area (Å²) in [5.74, 6) is -1.59. The first-order chi connectivity index (χ1) is 16.4. The molecule has 0 bridgehead atoms. The SMILES string of the molecule is C=C1c2ccccc2C(=O)N1CC(=O)NNC(=O)c1nn(CCCCC)c(=O)c2ccccc12. The predicted octanol–water partition coefficient (Wildman–Crippen LogP) is 2.47. The van der Waals surface area contributed by atoms with Gasteiger partial charge in [0.1, 0.15) is 6.54 Å². The molecule has 0 saturated heterocycles. The van der Waals surface area contributed by atoms with Crippen LogP contribution in [0.4, 0.5) is 0 Å². The Labute approximate surface area is 196 Å². The molecule has 1 aliphatic heterocycles. The molecule has 1 aromatic heterocycles. The molecule has 4 rings (SSSR count). The number of benzene rings is 2. The van der Waals surface area contributed by atoms with E-state index in [1.165, 1.54) is 9.58 Å². The molecule has 3 aromatic rings. The Morgan fingerprint density at radius 3 is 2.32 bits per heavy atom. The average molecular weight is 460 g/mol. The van der Waals surface area contributed by atoms with Crippen LogP contribution in [-0.2, 0) is 11.3 Å². The number of rotatable bonds is 7. The predicted molar refractivity (Wildman–Crippen MR) is 128 cm³/mol. The normalized spacial score (nSPS) is 12.7. The number of carbonyl (C=O) groups is 3. The van der Waals surface area contributed by atoms with Crippen molar-refractivity contribution in [3.8, 4) is 0 Å². The van der Waals surface area contributed by atoms with Crippen molar-refractivity contribution in [2.24, 2.45) is 0 Å². The molecule has 0 atom stereocenters. The van der Waals surface area contributed by atoms with Gasteiger partial charge in [-0.05, 0) is 18.6 Å². The van der Waals surface area contributed by atoms with E-state index in [1.807, 2.05) is 0 Å². The minimum absolute atomic E-state index is 0.0288. The van der Waals surface area contributed by atoms with Crippen molar-refractivity contribution in [1.82, 2.24) is 25.5 Å². The third kappa shape index (κ3) is 4.32. The van der Waals surface area contributed by atoms with Gasteiger partial charge in [-0.3, -0.25) is 34.9 Å². The average Bonchev–Trinajstić information content (AvgIpc) is 3.09. The van der Waals surface area contributed by atoms with Gasteiger partial charge in [0, 0.05) is 28.8 Å². The van der Waals surface area contributed by atoms with Gasteiger partial charge in [0.25, 0.3) is 23.3 Å². The molecule has 0 spiro atoms. The summed E-state index contributed by atoms with van der Waals surface area (Å²) in [4.78, 5) is 52.0. The molecule has 0 unspecified atom stereocenters. The summed E-state index contributed by atoms with van der Waals surface area (Å²) in [7, 11) is 0. The first-order valence-corrected chi connectivity index (χ1v) is 11.1. The lowest BCUT2D eigenvalue weighted by molar-refractivity contribution is -0.122. The van der Waals surface area contributed by atoms with Crippen LogP contribution >= 0.6 is 0 Å². The minimum atomic E-state index is -0.663. The Morgan fingerprint density at radius 1 is 0.941 bits per heavy atom. The number of fused-ring (bicyclic) bond motifs is 2. The molecule has 2 aromatic carbocycles. The quantitative estimate of drug-likeness (QED) is 0.416. The fourth-order valence-electron chi connectivity index (χ4n) is 3.94. The van der Waals surface area contributed by atoms with Crippen molar-refractivity contribution >= 4 is 34.2 Å². The van der Waals surface area contributed by atoms with E-state index in [0.29, 0.717) is 34.1 Å². The highest BCUT2D eigenvalue weighted by molar-refractivity contribution is 6.10. The number of nitrogens with one attached hydrogen (secondary N) is 2. The molecule has 9 nitrogen and oxygen atoms in total. The second-order valence-electron chi connectivity index (χ2n) is 8.02. The molecule has 3 amide bonds. The first-order valence-electron chi connectivity index (χ1n) is 11.1. The van der Waals surface area contributed by atoms with E-state index in [4.69, 9.17) is 0 Å². The summed E-state index contributed by atoms with van der Waals surface area (Å²) < 4.78 is 1.29. The fourth-order valence-corrected chi connectivity index (χ4v) is 3.94. The molecule has 2 heterocycles. The zero-order valence-corrected chi connectivity index (χ0v) is 18.8. The number of nitrogens with zero attached hydrogens (tertiary/aromatic N) is 3. The maximum Gasteiger partial charge on any atom is 0.290 e. The second kappa shape index (κ2) is 9.70. The first kappa shape index (κ1) is 22.9. The highest BCUT2D eigenvalue weighted by Gasteiger charge is 2.32. The summed E-state index contributed by atoms with van der Waals surface area (Å²) in [5.41, 5.74) is 6.01. The molecule has 2 N–H and O–H groups in total. The van der Waals surface area contributed by atoms with Gasteiger partial charge in [0.2, 0.25) is 0 Å². The number of carbonyl (C=O) groups excluding carboxylic acids is 3. The molecule has 174 valence electrons. The van der Waals surface area contributed by atoms with Crippen LogP contribution in [0.25, 0.3) is 16.5 Å². The zero-order chi connectivity index (χ0) is 24.2. The maximum atomic E-state index is 12.9. The number of aromatic nitrogens is 2. The topological polar surface area (TPSA) is 113 Å². The summed E-state index contributed by atoms with van der Waals surface area (Å²) in [6.45, 7) is 6.04. The van der Waals surface area contributed by atoms with Gasteiger partial charge in [-0.2, -0.15) is 5.10 Å². The van der Waals surface area contributed by atoms with E-state index >= 15 is 0 Å². The van der Waals surface area contributed by atoms with Crippen LogP contribution in [0.15, 0.2) is 59.9 Å². The molecule has 0 saturated carbocycles. The van der Waals surface area contributed by atoms with Crippen molar-refractivity contribution < 1.29 is 14.4 Å². The van der Waals surface area contributed by atoms with E-state index in [1.54, 1.807) is 48.5 Å². The Morgan fingerprint density at radius 2 is 1.62 bits per heavy atom. The molecule has 0 fully saturated rings. The van der Waals surface area contributed by atoms with E-state index in [0.717, 1.165) is 19.3 Å². The van der Waals surface area contributed by atoms with Crippen LogP contribution in [0.1, 0.15) is 52.6 Å². The number of aryl methyl sites for hydroxylation is 1. The number of hydrogen-bond donors (Lipinski definition) is 2. The van der Waals surface area contributed by atoms with Crippen LogP contribution in [0, 0.1) is 0 Å². The molecule has 0 aliphatic carbocycles. The highest BCUT2D eigenvalue weighted by Crippen LogP contribution is 2.30. The Balaban J connectivity index is 1.48. The summed E-state index contributed by atoms with van der Waals surface area (Å²) >= 11 is 0. The van der Waals surface area contributed by atoms with Crippen LogP contribution in [0.5, 0.6) is 0 Å². The van der Waals surface area contributed by atoms with Crippen molar-refractivity contribution in [2.75, 3.05) is 6.54 Å². The molecular weight excluding hydrogens is 434 g/mol. The van der Waals surface area contributed by atoms with Crippen LogP contribution in [0.3, 0.4) is 0 Å². The van der Waals surface area contributed by atoms with Gasteiger partial charge in [-0.1, -0.05) is 62.7 Å². The Bertz CT molecular complexity index is 1330. The van der Waals surface area contributed by atoms with Gasteiger partial charge in [-0.25, -0.2) is 4.68 Å². The number of hydrazine groups is 1. The van der Waals surface area contributed by atoms with Gasteiger partial charge in [0.15, 0.2) is 5.69 Å². The maximum absolute atomic E-state index is 12.9. The van der Waals surface area contributed by atoms with Crippen LogP contribution in [-0.4, -0.2) is 38.9 Å². The van der Waals surface area contributed by atoms with Crippen molar-refractivity contribution in [2.45, 2.75) is 32.7 Å². The Kier molecular flexibility index (Phi) is 6.53. The largest absolute Gasteiger partial charge is 0.299 e. The monoisotopic (exact) mass is 459 g/mol. The molecular formula is C25H25N5O4. The van der Waals surface area contributed by atoms with Gasteiger partial charge in [0.05, 0.1) is 5.39 Å². The second-order valence-corrected chi connectivity index (χ2v) is 8.02. The fraction of sp³-hybridized carbons (Fsp3) is 0.240. The number of hydrogen-bond acceptors (Lipinski definition) is 5. The molecule has 1 aliphatic rings. The van der Waals surface area contributed by atoms with Gasteiger partial charge in [-0.15, -0.1) is 0 Å². The lowest BCUT2D eigenvalue weighted by atomic mass is 10.1. The Hall–Kier alpha value is -4.27. The van der Waals surface area contributed by atoms with E-state index in [9.17, 15) is 19.2 Å². The lowest BCUT2D eigenvalue weighted by Gasteiger charge is -2.17. The van der Waals surface area contributed by atoms with Crippen molar-refractivity contribution in [3.63, 3.8) is 0 Å². The van der Waals surface area contributed by atoms with Crippen LogP contribution < -0.4 is 16.4 Å². The van der Waals surface area contributed by atoms with E-state index in [2.05, 4.69) is 29.5 Å². The number of unbranched alkanes of at least 4 members (excludes halogenated alkanes) is 2. The third-order valence-electron chi connectivity index (χ3n) is 5.71. The molecule has 34 heavy (non-hydrogen) atoms.